The lowest BCUT2D eigenvalue weighted by atomic mass is 9.83. The molecule has 2 unspecified atom stereocenters. The molecule has 0 fully saturated rings. The van der Waals surface area contributed by atoms with Gasteiger partial charge in [0.2, 0.25) is 5.91 Å². The highest BCUT2D eigenvalue weighted by atomic mass is 35.5. The summed E-state index contributed by atoms with van der Waals surface area (Å²) >= 11 is 5.97. The average molecular weight is 408 g/mol. The summed E-state index contributed by atoms with van der Waals surface area (Å²) in [7, 11) is 0. The van der Waals surface area contributed by atoms with Gasteiger partial charge in [-0.25, -0.2) is 9.59 Å². The van der Waals surface area contributed by atoms with Crippen molar-refractivity contribution >= 4 is 29.4 Å². The Morgan fingerprint density at radius 3 is 2.29 bits per heavy atom. The summed E-state index contributed by atoms with van der Waals surface area (Å²) in [6, 6.07) is 6.26. The van der Waals surface area contributed by atoms with E-state index in [1.165, 1.54) is 4.90 Å². The molecule has 2 rings (SSSR count). The highest BCUT2D eigenvalue weighted by molar-refractivity contribution is 6.30. The second-order valence-electron chi connectivity index (χ2n) is 6.47. The van der Waals surface area contributed by atoms with Gasteiger partial charge in [0.15, 0.2) is 0 Å². The van der Waals surface area contributed by atoms with E-state index in [0.717, 1.165) is 5.56 Å². The van der Waals surface area contributed by atoms with Crippen molar-refractivity contribution in [1.29, 1.82) is 0 Å². The topological polar surface area (TPSA) is 72.9 Å². The molecule has 0 aliphatic carbocycles. The van der Waals surface area contributed by atoms with Gasteiger partial charge in [0, 0.05) is 23.1 Å². The minimum atomic E-state index is -0.775. The van der Waals surface area contributed by atoms with Crippen molar-refractivity contribution in [3.8, 4) is 0 Å². The van der Waals surface area contributed by atoms with Crippen LogP contribution in [-0.4, -0.2) is 42.0 Å². The van der Waals surface area contributed by atoms with Gasteiger partial charge in [-0.3, -0.25) is 4.79 Å². The monoisotopic (exact) mass is 407 g/mol. The maximum atomic E-state index is 13.0. The Hall–Kier alpha value is -2.34. The Bertz CT molecular complexity index is 772. The summed E-state index contributed by atoms with van der Waals surface area (Å²) in [5, 5.41) is 0.569. The maximum absolute atomic E-state index is 13.0. The molecule has 7 heteroatoms. The summed E-state index contributed by atoms with van der Waals surface area (Å²) < 4.78 is 10.4. The molecule has 152 valence electrons. The molecule has 0 saturated carbocycles. The zero-order chi connectivity index (χ0) is 20.8. The van der Waals surface area contributed by atoms with Gasteiger partial charge in [0.25, 0.3) is 0 Å². The third-order valence-corrected chi connectivity index (χ3v) is 5.02. The molecular formula is C21H26ClNO5. The molecule has 1 amide bonds. The third-order valence-electron chi connectivity index (χ3n) is 4.77. The fourth-order valence-corrected chi connectivity index (χ4v) is 3.65. The van der Waals surface area contributed by atoms with Crippen molar-refractivity contribution in [2.75, 3.05) is 13.2 Å². The predicted molar refractivity (Wildman–Crippen MR) is 106 cm³/mol. The van der Waals surface area contributed by atoms with Gasteiger partial charge in [-0.15, -0.1) is 0 Å². The zero-order valence-corrected chi connectivity index (χ0v) is 17.4. The quantitative estimate of drug-likeness (QED) is 0.642. The Morgan fingerprint density at radius 2 is 1.75 bits per heavy atom. The molecule has 0 radical (unpaired) electrons. The van der Waals surface area contributed by atoms with E-state index in [0.29, 0.717) is 22.7 Å². The van der Waals surface area contributed by atoms with E-state index in [2.05, 4.69) is 0 Å². The van der Waals surface area contributed by atoms with Gasteiger partial charge >= 0.3 is 11.9 Å². The van der Waals surface area contributed by atoms with Crippen molar-refractivity contribution in [1.82, 2.24) is 4.90 Å². The van der Waals surface area contributed by atoms with Crippen LogP contribution in [0.15, 0.2) is 35.5 Å². The highest BCUT2D eigenvalue weighted by Crippen LogP contribution is 2.38. The Labute approximate surface area is 170 Å². The molecule has 1 aromatic rings. The number of rotatable bonds is 7. The number of halogens is 1. The molecule has 0 aromatic heterocycles. The number of ether oxygens (including phenoxy) is 2. The van der Waals surface area contributed by atoms with Crippen LogP contribution in [0.1, 0.15) is 52.0 Å². The van der Waals surface area contributed by atoms with Gasteiger partial charge in [-0.05, 0) is 44.9 Å². The molecule has 1 aromatic carbocycles. The van der Waals surface area contributed by atoms with Gasteiger partial charge in [0.1, 0.15) is 6.04 Å². The van der Waals surface area contributed by atoms with E-state index in [1.54, 1.807) is 52.0 Å². The van der Waals surface area contributed by atoms with Crippen LogP contribution in [-0.2, 0) is 23.9 Å². The van der Waals surface area contributed by atoms with E-state index in [-0.39, 0.29) is 25.5 Å². The molecule has 0 N–H and O–H groups in total. The zero-order valence-electron chi connectivity index (χ0n) is 16.7. The van der Waals surface area contributed by atoms with Crippen LogP contribution in [0.25, 0.3) is 0 Å². The van der Waals surface area contributed by atoms with Gasteiger partial charge in [-0.1, -0.05) is 30.7 Å². The third kappa shape index (κ3) is 4.55. The van der Waals surface area contributed by atoms with E-state index in [9.17, 15) is 14.4 Å². The minimum absolute atomic E-state index is 0.0586. The van der Waals surface area contributed by atoms with Crippen LogP contribution in [0.5, 0.6) is 0 Å². The standard InChI is InChI=1S/C21H26ClNO5/c1-5-17(20(25)27-6-2)23-13(4)19(21(26)28-7-3)16(12-18(23)24)14-8-10-15(22)11-9-14/h8-11,16-17H,5-7,12H2,1-4H3. The van der Waals surface area contributed by atoms with Gasteiger partial charge in [-0.2, -0.15) is 0 Å². The molecule has 0 saturated heterocycles. The fraction of sp³-hybridized carbons (Fsp3) is 0.476. The summed E-state index contributed by atoms with van der Waals surface area (Å²) in [6.45, 7) is 7.35. The molecular weight excluding hydrogens is 382 g/mol. The summed E-state index contributed by atoms with van der Waals surface area (Å²) in [4.78, 5) is 39.5. The number of amides is 1. The predicted octanol–water partition coefficient (Wildman–Crippen LogP) is 3.83. The number of carbonyl (C=O) groups excluding carboxylic acids is 3. The SMILES string of the molecule is CCOC(=O)C1=C(C)N(C(CC)C(=O)OCC)C(=O)CC1c1ccc(Cl)cc1. The van der Waals surface area contributed by atoms with Crippen LogP contribution in [0.3, 0.4) is 0 Å². The molecule has 0 spiro atoms. The number of benzene rings is 1. The maximum Gasteiger partial charge on any atom is 0.336 e. The molecule has 1 aliphatic rings. The number of hydrogen-bond acceptors (Lipinski definition) is 5. The number of allylic oxidation sites excluding steroid dienone is 1. The van der Waals surface area contributed by atoms with E-state index in [1.807, 2.05) is 0 Å². The van der Waals surface area contributed by atoms with Crippen LogP contribution >= 0.6 is 11.6 Å². The smallest absolute Gasteiger partial charge is 0.336 e. The lowest BCUT2D eigenvalue weighted by Gasteiger charge is -2.37. The number of nitrogens with zero attached hydrogens (tertiary/aromatic N) is 1. The number of esters is 2. The van der Waals surface area contributed by atoms with E-state index < -0.39 is 23.9 Å². The lowest BCUT2D eigenvalue weighted by Crippen LogP contribution is -2.48. The van der Waals surface area contributed by atoms with Crippen LogP contribution in [0.2, 0.25) is 5.02 Å². The molecule has 2 atom stereocenters. The van der Waals surface area contributed by atoms with Crippen molar-refractivity contribution in [2.24, 2.45) is 0 Å². The Kier molecular flexibility index (Phi) is 7.63. The molecule has 1 aliphatic heterocycles. The number of hydrogen-bond donors (Lipinski definition) is 0. The fourth-order valence-electron chi connectivity index (χ4n) is 3.52. The second kappa shape index (κ2) is 9.73. The van der Waals surface area contributed by atoms with E-state index in [4.69, 9.17) is 21.1 Å². The molecule has 0 bridgehead atoms. The lowest BCUT2D eigenvalue weighted by molar-refractivity contribution is -0.154. The highest BCUT2D eigenvalue weighted by Gasteiger charge is 2.41. The first-order chi connectivity index (χ1) is 13.3. The number of carbonyl (C=O) groups is 3. The normalized spacial score (nSPS) is 18.1. The van der Waals surface area contributed by atoms with Crippen molar-refractivity contribution < 1.29 is 23.9 Å². The van der Waals surface area contributed by atoms with Gasteiger partial charge in [0.05, 0.1) is 18.8 Å². The van der Waals surface area contributed by atoms with Crippen LogP contribution in [0, 0.1) is 0 Å². The molecule has 28 heavy (non-hydrogen) atoms. The summed E-state index contributed by atoms with van der Waals surface area (Å²) in [5.74, 6) is -1.66. The largest absolute Gasteiger partial charge is 0.464 e. The second-order valence-corrected chi connectivity index (χ2v) is 6.90. The summed E-state index contributed by atoms with van der Waals surface area (Å²) in [6.07, 6.45) is 0.437. The Balaban J connectivity index is 2.55. The van der Waals surface area contributed by atoms with Crippen LogP contribution in [0.4, 0.5) is 0 Å². The molecule has 1 heterocycles. The average Bonchev–Trinajstić information content (AvgIpc) is 2.65. The van der Waals surface area contributed by atoms with E-state index >= 15 is 0 Å². The van der Waals surface area contributed by atoms with Crippen molar-refractivity contribution in [3.05, 3.63) is 46.1 Å². The van der Waals surface area contributed by atoms with Crippen LogP contribution < -0.4 is 0 Å². The Morgan fingerprint density at radius 1 is 1.14 bits per heavy atom. The van der Waals surface area contributed by atoms with Crippen molar-refractivity contribution in [3.63, 3.8) is 0 Å². The first-order valence-corrected chi connectivity index (χ1v) is 9.85. The minimum Gasteiger partial charge on any atom is -0.464 e. The van der Waals surface area contributed by atoms with Gasteiger partial charge < -0.3 is 14.4 Å². The summed E-state index contributed by atoms with van der Waals surface area (Å²) in [5.41, 5.74) is 1.60. The molecule has 6 nitrogen and oxygen atoms in total. The first-order valence-electron chi connectivity index (χ1n) is 9.47. The van der Waals surface area contributed by atoms with Crippen molar-refractivity contribution in [2.45, 2.75) is 52.5 Å². The first kappa shape index (κ1) is 22.0.